The highest BCUT2D eigenvalue weighted by molar-refractivity contribution is 5.33. The van der Waals surface area contributed by atoms with Crippen LogP contribution in [0.3, 0.4) is 0 Å². The molecule has 0 radical (unpaired) electrons. The van der Waals surface area contributed by atoms with E-state index in [4.69, 9.17) is 5.26 Å². The number of nitriles is 1. The molecule has 3 nitrogen and oxygen atoms in total. The Morgan fingerprint density at radius 3 is 2.57 bits per heavy atom. The number of hydrogen-bond donors (Lipinski definition) is 1. The van der Waals surface area contributed by atoms with Crippen molar-refractivity contribution in [3.8, 4) is 17.9 Å². The summed E-state index contributed by atoms with van der Waals surface area (Å²) in [5.74, 6) is 5.32. The van der Waals surface area contributed by atoms with Gasteiger partial charge in [0.1, 0.15) is 23.1 Å². The minimum Gasteiger partial charge on any atom is -0.378 e. The Bertz CT molecular complexity index is 427. The van der Waals surface area contributed by atoms with E-state index >= 15 is 0 Å². The first-order valence-electron chi connectivity index (χ1n) is 4.14. The van der Waals surface area contributed by atoms with Gasteiger partial charge in [-0.1, -0.05) is 12.0 Å². The van der Waals surface area contributed by atoms with Crippen LogP contribution in [-0.4, -0.2) is 15.7 Å². The zero-order valence-electron chi connectivity index (χ0n) is 8.07. The average molecular weight is 186 g/mol. The molecule has 1 aromatic rings. The van der Waals surface area contributed by atoms with Crippen molar-refractivity contribution in [1.82, 2.24) is 4.98 Å². The van der Waals surface area contributed by atoms with E-state index in [0.29, 0.717) is 11.4 Å². The monoisotopic (exact) mass is 186 g/mol. The Hall–Kier alpha value is -1.84. The van der Waals surface area contributed by atoms with E-state index < -0.39 is 5.60 Å². The summed E-state index contributed by atoms with van der Waals surface area (Å²) in [6, 6.07) is 6.93. The fourth-order valence-electron chi connectivity index (χ4n) is 0.784. The van der Waals surface area contributed by atoms with Crippen molar-refractivity contribution >= 4 is 0 Å². The van der Waals surface area contributed by atoms with Gasteiger partial charge in [0, 0.05) is 0 Å². The SMILES string of the molecule is CC(C)(O)C#Cc1cccc(C#N)n1. The van der Waals surface area contributed by atoms with E-state index in [1.54, 1.807) is 32.0 Å². The quantitative estimate of drug-likeness (QED) is 0.617. The lowest BCUT2D eigenvalue weighted by Gasteiger charge is -2.05. The predicted molar refractivity (Wildman–Crippen MR) is 52.1 cm³/mol. The van der Waals surface area contributed by atoms with Gasteiger partial charge in [0.2, 0.25) is 0 Å². The summed E-state index contributed by atoms with van der Waals surface area (Å²) in [6.07, 6.45) is 0. The molecule has 1 heterocycles. The van der Waals surface area contributed by atoms with Crippen molar-refractivity contribution in [3.63, 3.8) is 0 Å². The van der Waals surface area contributed by atoms with Crippen molar-refractivity contribution in [1.29, 1.82) is 5.26 Å². The van der Waals surface area contributed by atoms with Gasteiger partial charge in [0.15, 0.2) is 0 Å². The van der Waals surface area contributed by atoms with Gasteiger partial charge in [-0.2, -0.15) is 5.26 Å². The van der Waals surface area contributed by atoms with Gasteiger partial charge in [0.25, 0.3) is 0 Å². The minimum atomic E-state index is -1.04. The Morgan fingerprint density at radius 1 is 1.36 bits per heavy atom. The van der Waals surface area contributed by atoms with E-state index in [2.05, 4.69) is 16.8 Å². The maximum Gasteiger partial charge on any atom is 0.141 e. The highest BCUT2D eigenvalue weighted by Crippen LogP contribution is 2.00. The van der Waals surface area contributed by atoms with Gasteiger partial charge >= 0.3 is 0 Å². The van der Waals surface area contributed by atoms with E-state index in [-0.39, 0.29) is 0 Å². The van der Waals surface area contributed by atoms with E-state index in [1.165, 1.54) is 0 Å². The van der Waals surface area contributed by atoms with Crippen molar-refractivity contribution in [2.45, 2.75) is 19.4 Å². The first-order chi connectivity index (χ1) is 6.51. The fourth-order valence-corrected chi connectivity index (χ4v) is 0.784. The second kappa shape index (κ2) is 3.91. The third-order valence-corrected chi connectivity index (χ3v) is 1.36. The van der Waals surface area contributed by atoms with Crippen LogP contribution in [0, 0.1) is 23.2 Å². The summed E-state index contributed by atoms with van der Waals surface area (Å²) in [5.41, 5.74) is -0.219. The number of hydrogen-bond acceptors (Lipinski definition) is 3. The van der Waals surface area contributed by atoms with Crippen molar-refractivity contribution in [2.75, 3.05) is 0 Å². The van der Waals surface area contributed by atoms with Gasteiger partial charge in [-0.3, -0.25) is 0 Å². The van der Waals surface area contributed by atoms with Gasteiger partial charge in [-0.15, -0.1) is 0 Å². The van der Waals surface area contributed by atoms with Crippen LogP contribution < -0.4 is 0 Å². The molecule has 0 atom stereocenters. The lowest BCUT2D eigenvalue weighted by atomic mass is 10.1. The van der Waals surface area contributed by atoms with Gasteiger partial charge < -0.3 is 5.11 Å². The number of nitrogens with zero attached hydrogens (tertiary/aromatic N) is 2. The van der Waals surface area contributed by atoms with Gasteiger partial charge in [0.05, 0.1) is 0 Å². The Labute approximate surface area is 83.0 Å². The maximum absolute atomic E-state index is 9.34. The predicted octanol–water partition coefficient (Wildman–Crippen LogP) is 1.08. The topological polar surface area (TPSA) is 56.9 Å². The molecule has 70 valence electrons. The standard InChI is InChI=1S/C11H10N2O/c1-11(2,14)7-6-9-4-3-5-10(8-12)13-9/h3-5,14H,1-2H3. The normalized spacial score (nSPS) is 9.86. The molecule has 0 saturated heterocycles. The number of aromatic nitrogens is 1. The first-order valence-corrected chi connectivity index (χ1v) is 4.14. The fraction of sp³-hybridized carbons (Fsp3) is 0.273. The molecule has 0 aromatic carbocycles. The van der Waals surface area contributed by atoms with Crippen molar-refractivity contribution < 1.29 is 5.11 Å². The van der Waals surface area contributed by atoms with Crippen molar-refractivity contribution in [3.05, 3.63) is 29.6 Å². The molecular formula is C11H10N2O. The minimum absolute atomic E-state index is 0.326. The van der Waals surface area contributed by atoms with Crippen LogP contribution in [0.4, 0.5) is 0 Å². The molecule has 0 saturated carbocycles. The summed E-state index contributed by atoms with van der Waals surface area (Å²) in [7, 11) is 0. The van der Waals surface area contributed by atoms with Crippen LogP contribution in [0.2, 0.25) is 0 Å². The lowest BCUT2D eigenvalue weighted by Crippen LogP contribution is -2.14. The van der Waals surface area contributed by atoms with Crippen LogP contribution in [0.1, 0.15) is 25.2 Å². The largest absolute Gasteiger partial charge is 0.378 e. The Morgan fingerprint density at radius 2 is 2.00 bits per heavy atom. The Balaban J connectivity index is 2.98. The molecule has 0 aliphatic rings. The van der Waals surface area contributed by atoms with Gasteiger partial charge in [-0.05, 0) is 31.9 Å². The molecule has 3 heteroatoms. The number of rotatable bonds is 0. The molecule has 1 rings (SSSR count). The summed E-state index contributed by atoms with van der Waals surface area (Å²) in [6.45, 7) is 3.18. The average Bonchev–Trinajstić information content (AvgIpc) is 2.14. The van der Waals surface area contributed by atoms with Crippen LogP contribution in [-0.2, 0) is 0 Å². The number of aliphatic hydroxyl groups is 1. The molecule has 0 fully saturated rings. The molecule has 0 aliphatic carbocycles. The maximum atomic E-state index is 9.34. The first kappa shape index (κ1) is 10.2. The lowest BCUT2D eigenvalue weighted by molar-refractivity contribution is 0.143. The molecule has 14 heavy (non-hydrogen) atoms. The number of pyridine rings is 1. The Kier molecular flexibility index (Phi) is 2.86. The highest BCUT2D eigenvalue weighted by atomic mass is 16.3. The molecule has 0 aliphatic heterocycles. The highest BCUT2D eigenvalue weighted by Gasteiger charge is 2.05. The summed E-state index contributed by atoms with van der Waals surface area (Å²) < 4.78 is 0. The molecule has 0 spiro atoms. The molecule has 0 bridgehead atoms. The summed E-state index contributed by atoms with van der Waals surface area (Å²) in [4.78, 5) is 3.95. The summed E-state index contributed by atoms with van der Waals surface area (Å²) >= 11 is 0. The van der Waals surface area contributed by atoms with Gasteiger partial charge in [-0.25, -0.2) is 4.98 Å². The second-order valence-corrected chi connectivity index (χ2v) is 3.33. The smallest absolute Gasteiger partial charge is 0.141 e. The van der Waals surface area contributed by atoms with Crippen LogP contribution in [0.15, 0.2) is 18.2 Å². The van der Waals surface area contributed by atoms with E-state index in [0.717, 1.165) is 0 Å². The third kappa shape index (κ3) is 3.26. The second-order valence-electron chi connectivity index (χ2n) is 3.33. The van der Waals surface area contributed by atoms with E-state index in [1.807, 2.05) is 6.07 Å². The molecule has 0 amide bonds. The molecular weight excluding hydrogens is 176 g/mol. The third-order valence-electron chi connectivity index (χ3n) is 1.36. The van der Waals surface area contributed by atoms with E-state index in [9.17, 15) is 5.11 Å². The zero-order valence-corrected chi connectivity index (χ0v) is 8.07. The molecule has 0 unspecified atom stereocenters. The molecule has 1 N–H and O–H groups in total. The van der Waals surface area contributed by atoms with Crippen LogP contribution in [0.5, 0.6) is 0 Å². The van der Waals surface area contributed by atoms with Crippen LogP contribution >= 0.6 is 0 Å². The van der Waals surface area contributed by atoms with Crippen LogP contribution in [0.25, 0.3) is 0 Å². The zero-order chi connectivity index (χ0) is 10.6. The van der Waals surface area contributed by atoms with Crippen molar-refractivity contribution in [2.24, 2.45) is 0 Å². The molecule has 1 aromatic heterocycles. The summed E-state index contributed by atoms with van der Waals surface area (Å²) in [5, 5.41) is 17.9.